The molecule has 28 heavy (non-hydrogen) atoms. The van der Waals surface area contributed by atoms with Crippen molar-refractivity contribution in [2.45, 2.75) is 38.2 Å². The molecule has 1 amide bonds. The summed E-state index contributed by atoms with van der Waals surface area (Å²) in [4.78, 5) is 35.9. The number of esters is 2. The van der Waals surface area contributed by atoms with Gasteiger partial charge in [-0.15, -0.1) is 0 Å². The van der Waals surface area contributed by atoms with Gasteiger partial charge >= 0.3 is 11.9 Å². The molecule has 3 atom stereocenters. The molecular weight excluding hydrogens is 368 g/mol. The van der Waals surface area contributed by atoms with Gasteiger partial charge in [0.05, 0.1) is 45.5 Å². The van der Waals surface area contributed by atoms with E-state index >= 15 is 0 Å². The summed E-state index contributed by atoms with van der Waals surface area (Å²) in [6.45, 7) is 1.72. The largest absolute Gasteiger partial charge is 0.466 e. The van der Waals surface area contributed by atoms with Crippen molar-refractivity contribution in [3.63, 3.8) is 0 Å². The highest BCUT2D eigenvalue weighted by molar-refractivity contribution is 5.96. The number of nitrogens with zero attached hydrogens (tertiary/aromatic N) is 1. The molecule has 0 unspecified atom stereocenters. The van der Waals surface area contributed by atoms with E-state index in [1.54, 1.807) is 0 Å². The second kappa shape index (κ2) is 9.86. The molecule has 0 bridgehead atoms. The number of methoxy groups -OCH3 is 2. The summed E-state index contributed by atoms with van der Waals surface area (Å²) in [5.41, 5.74) is 3.17. The number of ether oxygens (including phenoxy) is 3. The molecule has 0 radical (unpaired) electrons. The summed E-state index contributed by atoms with van der Waals surface area (Å²) >= 11 is 0. The first-order valence-corrected chi connectivity index (χ1v) is 8.67. The van der Waals surface area contributed by atoms with Gasteiger partial charge in [-0.25, -0.2) is 9.59 Å². The average Bonchev–Trinajstić information content (AvgIpc) is 3.06. The zero-order chi connectivity index (χ0) is 20.7. The Hall–Kier alpha value is -2.91. The lowest BCUT2D eigenvalue weighted by molar-refractivity contribution is -0.142. The molecule has 1 aliphatic heterocycles. The topological polar surface area (TPSA) is 114 Å². The van der Waals surface area contributed by atoms with E-state index in [0.29, 0.717) is 0 Å². The van der Waals surface area contributed by atoms with Crippen molar-refractivity contribution in [1.82, 2.24) is 10.4 Å². The lowest BCUT2D eigenvalue weighted by Gasteiger charge is -2.33. The minimum absolute atomic E-state index is 0.0418. The van der Waals surface area contributed by atoms with Gasteiger partial charge in [0, 0.05) is 0 Å². The second-order valence-electron chi connectivity index (χ2n) is 6.22. The molecule has 1 saturated heterocycles. The summed E-state index contributed by atoms with van der Waals surface area (Å²) in [6.07, 6.45) is -0.911. The van der Waals surface area contributed by atoms with E-state index in [1.807, 2.05) is 30.3 Å². The van der Waals surface area contributed by atoms with Crippen LogP contribution < -0.4 is 5.43 Å². The van der Waals surface area contributed by atoms with Gasteiger partial charge in [-0.2, -0.15) is 0 Å². The predicted octanol–water partition coefficient (Wildman–Crippen LogP) is 0.288. The molecule has 0 saturated carbocycles. The number of carbonyl (C=O) groups excluding carboxylic acids is 3. The number of hydrogen-bond donors (Lipinski definition) is 2. The van der Waals surface area contributed by atoms with Crippen molar-refractivity contribution in [1.29, 1.82) is 0 Å². The first kappa shape index (κ1) is 21.4. The number of nitrogens with one attached hydrogen (secondary N) is 1. The number of carbonyl (C=O) groups is 3. The Kier molecular flexibility index (Phi) is 7.53. The smallest absolute Gasteiger partial charge is 0.356 e. The van der Waals surface area contributed by atoms with E-state index in [9.17, 15) is 19.5 Å². The molecule has 1 aromatic rings. The van der Waals surface area contributed by atoms with Gasteiger partial charge in [-0.3, -0.25) is 15.2 Å². The van der Waals surface area contributed by atoms with Crippen LogP contribution in [0.2, 0.25) is 0 Å². The first-order chi connectivity index (χ1) is 13.4. The van der Waals surface area contributed by atoms with E-state index in [4.69, 9.17) is 9.47 Å². The number of amides is 1. The van der Waals surface area contributed by atoms with E-state index in [1.165, 1.54) is 11.9 Å². The van der Waals surface area contributed by atoms with E-state index in [0.717, 1.165) is 25.9 Å². The van der Waals surface area contributed by atoms with Crippen molar-refractivity contribution in [3.8, 4) is 0 Å². The van der Waals surface area contributed by atoms with E-state index in [-0.39, 0.29) is 18.7 Å². The lowest BCUT2D eigenvalue weighted by atomic mass is 10.0. The third kappa shape index (κ3) is 5.30. The molecule has 9 heteroatoms. The number of hydrogen-bond acceptors (Lipinski definition) is 8. The third-order valence-electron chi connectivity index (χ3n) is 4.22. The van der Waals surface area contributed by atoms with Gasteiger partial charge in [-0.05, 0) is 12.5 Å². The zero-order valence-corrected chi connectivity index (χ0v) is 16.0. The summed E-state index contributed by atoms with van der Waals surface area (Å²) in [5.74, 6) is -2.03. The Labute approximate surface area is 162 Å². The molecule has 1 fully saturated rings. The molecule has 1 aliphatic rings. The maximum atomic E-state index is 12.2. The first-order valence-electron chi connectivity index (χ1n) is 8.67. The monoisotopic (exact) mass is 392 g/mol. The number of aliphatic hydroxyl groups excluding tert-OH is 1. The Morgan fingerprint density at radius 1 is 1.29 bits per heavy atom. The molecule has 1 heterocycles. The molecule has 1 aromatic carbocycles. The summed E-state index contributed by atoms with van der Waals surface area (Å²) in [5, 5.41) is 11.4. The quantitative estimate of drug-likeness (QED) is 0.479. The van der Waals surface area contributed by atoms with Crippen LogP contribution in [0.3, 0.4) is 0 Å². The SMILES string of the molecule is COC(=O)/C=C(/C(=O)OC)N1NC(=O)C[C@@H]1[C@@H](OCc1ccccc1)[C@H](C)O. The highest BCUT2D eigenvalue weighted by Gasteiger charge is 2.42. The minimum Gasteiger partial charge on any atom is -0.466 e. The predicted molar refractivity (Wildman–Crippen MR) is 97.2 cm³/mol. The van der Waals surface area contributed by atoms with Crippen LogP contribution in [0.5, 0.6) is 0 Å². The number of hydrazine groups is 1. The summed E-state index contributed by atoms with van der Waals surface area (Å²) in [6, 6.07) is 8.58. The molecule has 0 spiro atoms. The molecule has 0 aromatic heterocycles. The molecule has 152 valence electrons. The van der Waals surface area contributed by atoms with Crippen LogP contribution in [-0.4, -0.2) is 60.4 Å². The highest BCUT2D eigenvalue weighted by atomic mass is 16.5. The fourth-order valence-corrected chi connectivity index (χ4v) is 2.89. The molecule has 9 nitrogen and oxygen atoms in total. The van der Waals surface area contributed by atoms with Crippen molar-refractivity contribution in [2.75, 3.05) is 14.2 Å². The number of rotatable bonds is 8. The fourth-order valence-electron chi connectivity index (χ4n) is 2.89. The molecular formula is C19H24N2O7. The maximum absolute atomic E-state index is 12.2. The van der Waals surface area contributed by atoms with E-state index < -0.39 is 36.1 Å². The van der Waals surface area contributed by atoms with Crippen LogP contribution >= 0.6 is 0 Å². The highest BCUT2D eigenvalue weighted by Crippen LogP contribution is 2.25. The fraction of sp³-hybridized carbons (Fsp3) is 0.421. The van der Waals surface area contributed by atoms with Crippen LogP contribution in [0.25, 0.3) is 0 Å². The van der Waals surface area contributed by atoms with Crippen LogP contribution in [0.4, 0.5) is 0 Å². The van der Waals surface area contributed by atoms with Crippen LogP contribution in [0.15, 0.2) is 42.1 Å². The van der Waals surface area contributed by atoms with Gasteiger partial charge in [0.2, 0.25) is 5.91 Å². The van der Waals surface area contributed by atoms with Gasteiger partial charge in [0.15, 0.2) is 5.70 Å². The van der Waals surface area contributed by atoms with Crippen molar-refractivity contribution in [2.24, 2.45) is 0 Å². The Bertz CT molecular complexity index is 733. The third-order valence-corrected chi connectivity index (χ3v) is 4.22. The maximum Gasteiger partial charge on any atom is 0.356 e. The number of benzene rings is 1. The van der Waals surface area contributed by atoms with Crippen molar-refractivity contribution in [3.05, 3.63) is 47.7 Å². The van der Waals surface area contributed by atoms with Gasteiger partial charge in [0.1, 0.15) is 6.10 Å². The zero-order valence-electron chi connectivity index (χ0n) is 16.0. The second-order valence-corrected chi connectivity index (χ2v) is 6.22. The normalized spacial score (nSPS) is 19.0. The molecule has 2 rings (SSSR count). The Morgan fingerprint density at radius 3 is 2.54 bits per heavy atom. The van der Waals surface area contributed by atoms with Crippen LogP contribution in [-0.2, 0) is 35.2 Å². The average molecular weight is 392 g/mol. The lowest BCUT2D eigenvalue weighted by Crippen LogP contribution is -2.50. The standard InChI is InChI=1S/C19H24N2O7/c1-12(22)18(28-11-13-7-5-4-6-8-13)14-9-16(23)20-21(14)15(19(25)27-3)10-17(24)26-2/h4-8,10,12,14,18,22H,9,11H2,1-3H3,(H,20,23)/b15-10-/t12-,14+,18-/m0/s1. The minimum atomic E-state index is -0.957. The molecule has 2 N–H and O–H groups in total. The Morgan fingerprint density at radius 2 is 1.96 bits per heavy atom. The van der Waals surface area contributed by atoms with Gasteiger partial charge < -0.3 is 19.3 Å². The van der Waals surface area contributed by atoms with Crippen LogP contribution in [0.1, 0.15) is 18.9 Å². The summed E-state index contributed by atoms with van der Waals surface area (Å²) < 4.78 is 15.1. The van der Waals surface area contributed by atoms with Gasteiger partial charge in [-0.1, -0.05) is 30.3 Å². The van der Waals surface area contributed by atoms with Crippen molar-refractivity contribution < 1.29 is 33.7 Å². The van der Waals surface area contributed by atoms with Crippen molar-refractivity contribution >= 4 is 17.8 Å². The number of aliphatic hydroxyl groups is 1. The van der Waals surface area contributed by atoms with Gasteiger partial charge in [0.25, 0.3) is 0 Å². The van der Waals surface area contributed by atoms with E-state index in [2.05, 4.69) is 10.2 Å². The summed E-state index contributed by atoms with van der Waals surface area (Å²) in [7, 11) is 2.31. The molecule has 0 aliphatic carbocycles. The Balaban J connectivity index is 2.29. The van der Waals surface area contributed by atoms with Crippen LogP contribution in [0, 0.1) is 0 Å².